The molecule has 2 aromatic rings. The van der Waals surface area contributed by atoms with E-state index in [0.717, 1.165) is 21.2 Å². The lowest BCUT2D eigenvalue weighted by Crippen LogP contribution is -2.43. The quantitative estimate of drug-likeness (QED) is 0.648. The average Bonchev–Trinajstić information content (AvgIpc) is 2.69. The van der Waals surface area contributed by atoms with Crippen molar-refractivity contribution in [3.05, 3.63) is 63.6 Å². The monoisotopic (exact) mass is 478 g/mol. The number of hydrogen-bond donors (Lipinski definition) is 0. The summed E-state index contributed by atoms with van der Waals surface area (Å²) in [5.41, 5.74) is 2.86. The molecule has 156 valence electrons. The minimum atomic E-state index is -3.53. The zero-order chi connectivity index (χ0) is 21.2. The first-order valence-electron chi connectivity index (χ1n) is 9.76. The molecule has 0 N–H and O–H groups in total. The molecule has 0 bridgehead atoms. The third kappa shape index (κ3) is 4.90. The van der Waals surface area contributed by atoms with E-state index in [4.69, 9.17) is 0 Å². The number of rotatable bonds is 5. The number of halogens is 1. The highest BCUT2D eigenvalue weighted by molar-refractivity contribution is 9.10. The molecule has 7 heteroatoms. The summed E-state index contributed by atoms with van der Waals surface area (Å²) in [6.45, 7) is 5.04. The first-order valence-corrected chi connectivity index (χ1v) is 12.0. The maximum absolute atomic E-state index is 13.0. The van der Waals surface area contributed by atoms with Gasteiger partial charge >= 0.3 is 0 Å². The van der Waals surface area contributed by atoms with Gasteiger partial charge in [0.15, 0.2) is 0 Å². The molecule has 1 amide bonds. The third-order valence-corrected chi connectivity index (χ3v) is 8.33. The highest BCUT2D eigenvalue weighted by Gasteiger charge is 2.33. The normalized spacial score (nSPS) is 16.0. The molecule has 0 saturated carbocycles. The first-order chi connectivity index (χ1) is 13.7. The molecule has 5 nitrogen and oxygen atoms in total. The summed E-state index contributed by atoms with van der Waals surface area (Å²) in [6.07, 6.45) is 1.09. The standard InChI is InChI=1S/C22H27BrN2O3S/c1-16-8-9-21(17(2)14-16)29(27,28)25-12-10-18(11-13-25)22(26)24(3)15-19-6-4-5-7-20(19)23/h4-9,14,18H,10-13,15H2,1-3H3. The van der Waals surface area contributed by atoms with Crippen molar-refractivity contribution in [2.24, 2.45) is 5.92 Å². The van der Waals surface area contributed by atoms with Crippen molar-refractivity contribution in [2.45, 2.75) is 38.1 Å². The smallest absolute Gasteiger partial charge is 0.243 e. The van der Waals surface area contributed by atoms with E-state index in [0.29, 0.717) is 37.4 Å². The van der Waals surface area contributed by atoms with Crippen LogP contribution < -0.4 is 0 Å². The third-order valence-electron chi connectivity index (χ3n) is 5.49. The molecule has 2 aromatic carbocycles. The molecule has 0 radical (unpaired) electrons. The molecule has 3 rings (SSSR count). The molecular formula is C22H27BrN2O3S. The molecule has 0 spiro atoms. The minimum absolute atomic E-state index is 0.0734. The molecule has 1 saturated heterocycles. The zero-order valence-corrected chi connectivity index (χ0v) is 19.5. The summed E-state index contributed by atoms with van der Waals surface area (Å²) in [5, 5.41) is 0. The van der Waals surface area contributed by atoms with Crippen molar-refractivity contribution in [1.82, 2.24) is 9.21 Å². The van der Waals surface area contributed by atoms with E-state index in [2.05, 4.69) is 15.9 Å². The van der Waals surface area contributed by atoms with E-state index in [1.165, 1.54) is 4.31 Å². The summed E-state index contributed by atoms with van der Waals surface area (Å²) < 4.78 is 28.6. The topological polar surface area (TPSA) is 57.7 Å². The van der Waals surface area contributed by atoms with Crippen LogP contribution in [0.5, 0.6) is 0 Å². The van der Waals surface area contributed by atoms with Gasteiger partial charge in [-0.15, -0.1) is 0 Å². The van der Waals surface area contributed by atoms with E-state index >= 15 is 0 Å². The van der Waals surface area contributed by atoms with Gasteiger partial charge in [0.1, 0.15) is 0 Å². The number of piperidine rings is 1. The second-order valence-corrected chi connectivity index (χ2v) is 10.5. The van der Waals surface area contributed by atoms with E-state index in [9.17, 15) is 13.2 Å². The largest absolute Gasteiger partial charge is 0.341 e. The van der Waals surface area contributed by atoms with Crippen LogP contribution in [0.2, 0.25) is 0 Å². The maximum atomic E-state index is 13.0. The Labute approximate surface area is 181 Å². The van der Waals surface area contributed by atoms with Crippen molar-refractivity contribution in [3.8, 4) is 0 Å². The van der Waals surface area contributed by atoms with Crippen LogP contribution >= 0.6 is 15.9 Å². The van der Waals surface area contributed by atoms with Gasteiger partial charge in [0, 0.05) is 37.1 Å². The number of carbonyl (C=O) groups is 1. The molecule has 1 heterocycles. The maximum Gasteiger partial charge on any atom is 0.243 e. The van der Waals surface area contributed by atoms with Crippen LogP contribution in [0.25, 0.3) is 0 Å². The van der Waals surface area contributed by atoms with Gasteiger partial charge in [-0.05, 0) is 49.9 Å². The number of sulfonamides is 1. The summed E-state index contributed by atoms with van der Waals surface area (Å²) in [7, 11) is -1.72. The van der Waals surface area contributed by atoms with E-state index in [1.807, 2.05) is 50.2 Å². The Bertz CT molecular complexity index is 999. The van der Waals surface area contributed by atoms with E-state index < -0.39 is 10.0 Å². The van der Waals surface area contributed by atoms with Gasteiger partial charge in [-0.2, -0.15) is 4.31 Å². The molecule has 1 aliphatic rings. The van der Waals surface area contributed by atoms with Crippen molar-refractivity contribution >= 4 is 31.9 Å². The van der Waals surface area contributed by atoms with Crippen LogP contribution in [-0.2, 0) is 21.4 Å². The minimum Gasteiger partial charge on any atom is -0.341 e. The SMILES string of the molecule is Cc1ccc(S(=O)(=O)N2CCC(C(=O)N(C)Cc3ccccc3Br)CC2)c(C)c1. The van der Waals surface area contributed by atoms with Crippen LogP contribution in [0, 0.1) is 19.8 Å². The number of carbonyl (C=O) groups excluding carboxylic acids is 1. The highest BCUT2D eigenvalue weighted by Crippen LogP contribution is 2.27. The molecule has 0 atom stereocenters. The lowest BCUT2D eigenvalue weighted by molar-refractivity contribution is -0.135. The second kappa shape index (κ2) is 8.98. The zero-order valence-electron chi connectivity index (χ0n) is 17.1. The average molecular weight is 479 g/mol. The lowest BCUT2D eigenvalue weighted by Gasteiger charge is -2.33. The second-order valence-electron chi connectivity index (χ2n) is 7.73. The molecule has 0 aromatic heterocycles. The van der Waals surface area contributed by atoms with E-state index in [1.54, 1.807) is 18.0 Å². The lowest BCUT2D eigenvalue weighted by atomic mass is 9.96. The van der Waals surface area contributed by atoms with Gasteiger partial charge in [-0.3, -0.25) is 4.79 Å². The van der Waals surface area contributed by atoms with Crippen molar-refractivity contribution in [2.75, 3.05) is 20.1 Å². The van der Waals surface area contributed by atoms with Crippen LogP contribution in [0.15, 0.2) is 51.8 Å². The number of aryl methyl sites for hydroxylation is 2. The van der Waals surface area contributed by atoms with Gasteiger partial charge in [0.25, 0.3) is 0 Å². The van der Waals surface area contributed by atoms with Gasteiger partial charge in [-0.25, -0.2) is 8.42 Å². The molecule has 29 heavy (non-hydrogen) atoms. The fourth-order valence-electron chi connectivity index (χ4n) is 3.84. The van der Waals surface area contributed by atoms with Gasteiger partial charge in [0.05, 0.1) is 4.90 Å². The van der Waals surface area contributed by atoms with Gasteiger partial charge in [-0.1, -0.05) is 51.8 Å². The molecular weight excluding hydrogens is 452 g/mol. The van der Waals surface area contributed by atoms with Crippen LogP contribution in [0.3, 0.4) is 0 Å². The summed E-state index contributed by atoms with van der Waals surface area (Å²) in [4.78, 5) is 15.0. The first kappa shape index (κ1) is 22.0. The highest BCUT2D eigenvalue weighted by atomic mass is 79.9. The molecule has 1 aliphatic heterocycles. The number of nitrogens with zero attached hydrogens (tertiary/aromatic N) is 2. The summed E-state index contributed by atoms with van der Waals surface area (Å²) in [6, 6.07) is 13.3. The summed E-state index contributed by atoms with van der Waals surface area (Å²) in [5.74, 6) is -0.0719. The van der Waals surface area contributed by atoms with Crippen molar-refractivity contribution < 1.29 is 13.2 Å². The summed E-state index contributed by atoms with van der Waals surface area (Å²) >= 11 is 3.52. The molecule has 0 aliphatic carbocycles. The Morgan fingerprint density at radius 1 is 1.14 bits per heavy atom. The fraction of sp³-hybridized carbons (Fsp3) is 0.409. The Hall–Kier alpha value is -1.70. The van der Waals surface area contributed by atoms with Crippen LogP contribution in [0.4, 0.5) is 0 Å². The Kier molecular flexibility index (Phi) is 6.81. The predicted molar refractivity (Wildman–Crippen MR) is 118 cm³/mol. The van der Waals surface area contributed by atoms with Gasteiger partial charge < -0.3 is 4.90 Å². The van der Waals surface area contributed by atoms with Crippen LogP contribution in [0.1, 0.15) is 29.5 Å². The van der Waals surface area contributed by atoms with Gasteiger partial charge in [0.2, 0.25) is 15.9 Å². The number of amides is 1. The Balaban J connectivity index is 1.63. The number of hydrogen-bond acceptors (Lipinski definition) is 3. The predicted octanol–water partition coefficient (Wildman–Crippen LogP) is 4.13. The Morgan fingerprint density at radius 2 is 1.79 bits per heavy atom. The van der Waals surface area contributed by atoms with Crippen molar-refractivity contribution in [1.29, 1.82) is 0 Å². The van der Waals surface area contributed by atoms with E-state index in [-0.39, 0.29) is 11.8 Å². The molecule has 1 fully saturated rings. The van der Waals surface area contributed by atoms with Crippen molar-refractivity contribution in [3.63, 3.8) is 0 Å². The number of benzene rings is 2. The molecule has 0 unspecified atom stereocenters. The van der Waals surface area contributed by atoms with Crippen LogP contribution in [-0.4, -0.2) is 43.7 Å². The Morgan fingerprint density at radius 3 is 2.41 bits per heavy atom. The fourth-order valence-corrected chi connectivity index (χ4v) is 5.93.